The highest BCUT2D eigenvalue weighted by molar-refractivity contribution is 7.12. The third-order valence-corrected chi connectivity index (χ3v) is 3.31. The molecule has 1 heterocycles. The van der Waals surface area contributed by atoms with Gasteiger partial charge in [0.25, 0.3) is 0 Å². The van der Waals surface area contributed by atoms with Gasteiger partial charge in [0.15, 0.2) is 0 Å². The van der Waals surface area contributed by atoms with Crippen molar-refractivity contribution in [2.45, 2.75) is 13.0 Å². The van der Waals surface area contributed by atoms with E-state index < -0.39 is 0 Å². The summed E-state index contributed by atoms with van der Waals surface area (Å²) in [5, 5.41) is 26.5. The maximum absolute atomic E-state index is 8.92. The number of hydrogen-bond donors (Lipinski definition) is 3. The molecule has 0 aliphatic carbocycles. The van der Waals surface area contributed by atoms with Crippen LogP contribution in [0.25, 0.3) is 0 Å². The van der Waals surface area contributed by atoms with Crippen molar-refractivity contribution in [3.05, 3.63) is 21.9 Å². The molecule has 1 aromatic rings. The van der Waals surface area contributed by atoms with Crippen molar-refractivity contribution in [1.82, 2.24) is 4.90 Å². The van der Waals surface area contributed by atoms with Gasteiger partial charge in [-0.3, -0.25) is 4.90 Å². The average Bonchev–Trinajstić information content (AvgIpc) is 2.78. The van der Waals surface area contributed by atoms with Crippen LogP contribution < -0.4 is 0 Å². The topological polar surface area (TPSA) is 63.9 Å². The predicted octanol–water partition coefficient (Wildman–Crippen LogP) is 0.269. The maximum atomic E-state index is 8.92. The molecular weight excluding hydrogens is 250 g/mol. The fourth-order valence-corrected chi connectivity index (χ4v) is 2.43. The van der Waals surface area contributed by atoms with Crippen molar-refractivity contribution in [1.29, 1.82) is 0 Å². The van der Waals surface area contributed by atoms with Crippen LogP contribution in [0.5, 0.6) is 0 Å². The summed E-state index contributed by atoms with van der Waals surface area (Å²) in [6, 6.07) is 3.97. The lowest BCUT2D eigenvalue weighted by atomic mass is 10.3. The van der Waals surface area contributed by atoms with Gasteiger partial charge in [0.1, 0.15) is 0 Å². The monoisotopic (exact) mass is 269 g/mol. The number of hydrogen-bond acceptors (Lipinski definition) is 5. The molecule has 0 saturated heterocycles. The summed E-state index contributed by atoms with van der Waals surface area (Å²) in [6.07, 6.45) is 0.494. The fourth-order valence-electron chi connectivity index (χ4n) is 1.51. The summed E-state index contributed by atoms with van der Waals surface area (Å²) in [5.74, 6) is 5.88. The van der Waals surface area contributed by atoms with Crippen molar-refractivity contribution in [3.63, 3.8) is 0 Å². The molecule has 5 heteroatoms. The lowest BCUT2D eigenvalue weighted by molar-refractivity contribution is 0.157. The lowest BCUT2D eigenvalue weighted by Gasteiger charge is -2.18. The Morgan fingerprint density at radius 3 is 2.39 bits per heavy atom. The van der Waals surface area contributed by atoms with Crippen LogP contribution in [0.3, 0.4) is 0 Å². The van der Waals surface area contributed by atoms with Crippen molar-refractivity contribution < 1.29 is 15.3 Å². The normalized spacial score (nSPS) is 10.4. The number of nitrogens with zero attached hydrogens (tertiary/aromatic N) is 1. The lowest BCUT2D eigenvalue weighted by Crippen LogP contribution is -2.28. The Bertz CT molecular complexity index is 388. The number of rotatable bonds is 7. The zero-order valence-electron chi connectivity index (χ0n) is 10.3. The second kappa shape index (κ2) is 9.09. The molecule has 1 aromatic heterocycles. The van der Waals surface area contributed by atoms with Gasteiger partial charge in [0, 0.05) is 30.9 Å². The van der Waals surface area contributed by atoms with E-state index in [9.17, 15) is 0 Å². The standard InChI is InChI=1S/C13H19NO3S/c15-8-2-1-3-12-4-5-13(18-12)11-14(6-9-16)7-10-17/h4-5,15-17H,2,6-11H2. The second-order valence-corrected chi connectivity index (χ2v) is 4.93. The van der Waals surface area contributed by atoms with Crippen LogP contribution in [-0.4, -0.2) is 53.1 Å². The third kappa shape index (κ3) is 5.63. The molecule has 0 fully saturated rings. The molecule has 100 valence electrons. The van der Waals surface area contributed by atoms with Gasteiger partial charge in [-0.15, -0.1) is 11.3 Å². The summed E-state index contributed by atoms with van der Waals surface area (Å²) in [4.78, 5) is 4.13. The van der Waals surface area contributed by atoms with Gasteiger partial charge in [-0.05, 0) is 12.1 Å². The third-order valence-electron chi connectivity index (χ3n) is 2.32. The van der Waals surface area contributed by atoms with E-state index in [0.717, 1.165) is 9.75 Å². The number of aliphatic hydroxyl groups is 3. The van der Waals surface area contributed by atoms with Crippen LogP contribution in [0.15, 0.2) is 12.1 Å². The minimum atomic E-state index is 0.0893. The van der Waals surface area contributed by atoms with E-state index in [1.807, 2.05) is 17.0 Å². The van der Waals surface area contributed by atoms with Gasteiger partial charge in [-0.1, -0.05) is 11.8 Å². The van der Waals surface area contributed by atoms with Gasteiger partial charge in [0.2, 0.25) is 0 Å². The second-order valence-electron chi connectivity index (χ2n) is 3.76. The summed E-state index contributed by atoms with van der Waals surface area (Å²) >= 11 is 1.60. The summed E-state index contributed by atoms with van der Waals surface area (Å²) in [7, 11) is 0. The first-order valence-corrected chi connectivity index (χ1v) is 6.74. The van der Waals surface area contributed by atoms with Crippen LogP contribution in [0, 0.1) is 11.8 Å². The van der Waals surface area contributed by atoms with Gasteiger partial charge >= 0.3 is 0 Å². The van der Waals surface area contributed by atoms with E-state index in [1.165, 1.54) is 0 Å². The van der Waals surface area contributed by atoms with E-state index in [1.54, 1.807) is 11.3 Å². The predicted molar refractivity (Wildman–Crippen MR) is 72.3 cm³/mol. The highest BCUT2D eigenvalue weighted by Crippen LogP contribution is 2.17. The van der Waals surface area contributed by atoms with Gasteiger partial charge in [0.05, 0.1) is 24.7 Å². The van der Waals surface area contributed by atoms with E-state index >= 15 is 0 Å². The zero-order valence-corrected chi connectivity index (χ0v) is 11.1. The van der Waals surface area contributed by atoms with E-state index in [4.69, 9.17) is 15.3 Å². The summed E-state index contributed by atoms with van der Waals surface area (Å²) < 4.78 is 0. The first-order chi connectivity index (χ1) is 8.80. The molecule has 0 atom stereocenters. The Hall–Kier alpha value is -0.900. The van der Waals surface area contributed by atoms with Crippen LogP contribution in [0.2, 0.25) is 0 Å². The zero-order chi connectivity index (χ0) is 13.2. The highest BCUT2D eigenvalue weighted by Gasteiger charge is 2.06. The molecule has 0 amide bonds. The van der Waals surface area contributed by atoms with E-state index in [0.29, 0.717) is 26.1 Å². The Morgan fingerprint density at radius 1 is 1.06 bits per heavy atom. The molecule has 0 spiro atoms. The number of aliphatic hydroxyl groups excluding tert-OH is 3. The summed E-state index contributed by atoms with van der Waals surface area (Å²) in [5.41, 5.74) is 0. The maximum Gasteiger partial charge on any atom is 0.0771 e. The van der Waals surface area contributed by atoms with E-state index in [-0.39, 0.29) is 19.8 Å². The first kappa shape index (κ1) is 15.2. The van der Waals surface area contributed by atoms with Crippen LogP contribution in [0.4, 0.5) is 0 Å². The molecule has 1 rings (SSSR count). The Morgan fingerprint density at radius 2 is 1.78 bits per heavy atom. The Balaban J connectivity index is 2.54. The van der Waals surface area contributed by atoms with Gasteiger partial charge < -0.3 is 15.3 Å². The summed E-state index contributed by atoms with van der Waals surface area (Å²) in [6.45, 7) is 2.11. The average molecular weight is 269 g/mol. The molecule has 18 heavy (non-hydrogen) atoms. The van der Waals surface area contributed by atoms with Crippen LogP contribution in [0.1, 0.15) is 16.2 Å². The molecule has 0 unspecified atom stereocenters. The fraction of sp³-hybridized carbons (Fsp3) is 0.538. The smallest absolute Gasteiger partial charge is 0.0771 e. The van der Waals surface area contributed by atoms with Crippen molar-refractivity contribution >= 4 is 11.3 Å². The van der Waals surface area contributed by atoms with Crippen molar-refractivity contribution in [3.8, 4) is 11.8 Å². The molecule has 0 aromatic carbocycles. The first-order valence-electron chi connectivity index (χ1n) is 5.92. The molecule has 0 aliphatic rings. The van der Waals surface area contributed by atoms with Crippen LogP contribution >= 0.6 is 11.3 Å². The van der Waals surface area contributed by atoms with E-state index in [2.05, 4.69) is 11.8 Å². The SMILES string of the molecule is OCCC#Cc1ccc(CN(CCO)CCO)s1. The molecule has 4 nitrogen and oxygen atoms in total. The largest absolute Gasteiger partial charge is 0.395 e. The molecule has 0 saturated carbocycles. The van der Waals surface area contributed by atoms with Gasteiger partial charge in [-0.2, -0.15) is 0 Å². The molecule has 3 N–H and O–H groups in total. The van der Waals surface area contributed by atoms with Crippen LogP contribution in [-0.2, 0) is 6.54 Å². The Kier molecular flexibility index (Phi) is 7.65. The molecular formula is C13H19NO3S. The van der Waals surface area contributed by atoms with Gasteiger partial charge in [-0.25, -0.2) is 0 Å². The van der Waals surface area contributed by atoms with Crippen molar-refractivity contribution in [2.75, 3.05) is 32.9 Å². The minimum absolute atomic E-state index is 0.0893. The molecule has 0 aliphatic heterocycles. The molecule has 0 bridgehead atoms. The Labute approximate surface area is 111 Å². The minimum Gasteiger partial charge on any atom is -0.395 e. The molecule has 0 radical (unpaired) electrons. The quantitative estimate of drug-likeness (QED) is 0.622. The number of thiophene rings is 1. The highest BCUT2D eigenvalue weighted by atomic mass is 32.1. The van der Waals surface area contributed by atoms with Crippen molar-refractivity contribution in [2.24, 2.45) is 0 Å².